The van der Waals surface area contributed by atoms with E-state index in [2.05, 4.69) is 10.6 Å². The van der Waals surface area contributed by atoms with Crippen molar-refractivity contribution in [3.63, 3.8) is 0 Å². The fourth-order valence-electron chi connectivity index (χ4n) is 1.89. The summed E-state index contributed by atoms with van der Waals surface area (Å²) in [5.41, 5.74) is 0. The Morgan fingerprint density at radius 2 is 2.11 bits per heavy atom. The van der Waals surface area contributed by atoms with Gasteiger partial charge in [0.2, 0.25) is 5.91 Å². The average molecular weight is 288 g/mol. The molecule has 1 saturated heterocycles. The SMILES string of the molecule is CC(CC(=O)O)CC(=O)NC(=O)NCC1CCSC1. The number of hydrogen-bond donors (Lipinski definition) is 3. The molecule has 3 amide bonds. The van der Waals surface area contributed by atoms with Crippen LogP contribution in [0.25, 0.3) is 0 Å². The van der Waals surface area contributed by atoms with E-state index in [1.807, 2.05) is 11.8 Å². The third kappa shape index (κ3) is 7.05. The second-order valence-corrected chi connectivity index (χ2v) is 6.04. The van der Waals surface area contributed by atoms with Crippen LogP contribution in [0.5, 0.6) is 0 Å². The van der Waals surface area contributed by atoms with Crippen LogP contribution in [0.2, 0.25) is 0 Å². The van der Waals surface area contributed by atoms with E-state index in [0.29, 0.717) is 12.5 Å². The summed E-state index contributed by atoms with van der Waals surface area (Å²) >= 11 is 1.87. The van der Waals surface area contributed by atoms with E-state index in [9.17, 15) is 14.4 Å². The second kappa shape index (κ2) is 8.04. The molecule has 0 spiro atoms. The lowest BCUT2D eigenvalue weighted by Crippen LogP contribution is -2.41. The van der Waals surface area contributed by atoms with Gasteiger partial charge in [-0.05, 0) is 29.8 Å². The molecule has 0 radical (unpaired) electrons. The maximum atomic E-state index is 11.5. The van der Waals surface area contributed by atoms with Gasteiger partial charge in [0.05, 0.1) is 0 Å². The highest BCUT2D eigenvalue weighted by Gasteiger charge is 2.18. The van der Waals surface area contributed by atoms with Gasteiger partial charge in [0.1, 0.15) is 0 Å². The first-order valence-electron chi connectivity index (χ1n) is 6.34. The fraction of sp³-hybridized carbons (Fsp3) is 0.750. The van der Waals surface area contributed by atoms with Crippen LogP contribution >= 0.6 is 11.8 Å². The molecule has 1 rings (SSSR count). The van der Waals surface area contributed by atoms with Crippen LogP contribution in [0.1, 0.15) is 26.2 Å². The molecule has 0 aliphatic carbocycles. The van der Waals surface area contributed by atoms with Gasteiger partial charge in [-0.2, -0.15) is 11.8 Å². The Hall–Kier alpha value is -1.24. The van der Waals surface area contributed by atoms with Gasteiger partial charge in [0.15, 0.2) is 0 Å². The molecule has 0 aromatic heterocycles. The zero-order valence-corrected chi connectivity index (χ0v) is 11.8. The highest BCUT2D eigenvalue weighted by molar-refractivity contribution is 7.99. The fourth-order valence-corrected chi connectivity index (χ4v) is 3.17. The number of aliphatic carboxylic acids is 1. The molecule has 0 aromatic rings. The van der Waals surface area contributed by atoms with E-state index < -0.39 is 17.9 Å². The van der Waals surface area contributed by atoms with Crippen LogP contribution in [0.4, 0.5) is 4.79 Å². The van der Waals surface area contributed by atoms with Crippen molar-refractivity contribution in [2.45, 2.75) is 26.2 Å². The van der Waals surface area contributed by atoms with Crippen molar-refractivity contribution in [1.29, 1.82) is 0 Å². The summed E-state index contributed by atoms with van der Waals surface area (Å²) in [7, 11) is 0. The van der Waals surface area contributed by atoms with Gasteiger partial charge in [0.25, 0.3) is 0 Å². The van der Waals surface area contributed by atoms with Gasteiger partial charge in [-0.1, -0.05) is 6.92 Å². The van der Waals surface area contributed by atoms with E-state index in [1.165, 1.54) is 0 Å². The van der Waals surface area contributed by atoms with Crippen molar-refractivity contribution < 1.29 is 19.5 Å². The first kappa shape index (κ1) is 15.8. The molecule has 1 fully saturated rings. The van der Waals surface area contributed by atoms with Crippen molar-refractivity contribution in [2.24, 2.45) is 11.8 Å². The summed E-state index contributed by atoms with van der Waals surface area (Å²) in [6.45, 7) is 2.25. The van der Waals surface area contributed by atoms with Crippen molar-refractivity contribution in [3.8, 4) is 0 Å². The van der Waals surface area contributed by atoms with Crippen LogP contribution in [0.3, 0.4) is 0 Å². The molecule has 1 aliphatic rings. The lowest BCUT2D eigenvalue weighted by molar-refractivity contribution is -0.138. The topological polar surface area (TPSA) is 95.5 Å². The zero-order chi connectivity index (χ0) is 14.3. The first-order valence-corrected chi connectivity index (χ1v) is 7.50. The maximum absolute atomic E-state index is 11.5. The van der Waals surface area contributed by atoms with E-state index in [4.69, 9.17) is 5.11 Å². The summed E-state index contributed by atoms with van der Waals surface area (Å²) in [6, 6.07) is -0.496. The number of urea groups is 1. The van der Waals surface area contributed by atoms with E-state index in [-0.39, 0.29) is 18.8 Å². The van der Waals surface area contributed by atoms with Crippen LogP contribution in [-0.2, 0) is 9.59 Å². The molecule has 1 aliphatic heterocycles. The molecule has 3 N–H and O–H groups in total. The molecule has 0 bridgehead atoms. The predicted molar refractivity (Wildman–Crippen MR) is 73.0 cm³/mol. The highest BCUT2D eigenvalue weighted by atomic mass is 32.2. The number of amides is 3. The third-order valence-electron chi connectivity index (χ3n) is 2.89. The molecule has 19 heavy (non-hydrogen) atoms. The van der Waals surface area contributed by atoms with Crippen molar-refractivity contribution in [2.75, 3.05) is 18.1 Å². The molecule has 0 saturated carbocycles. The quantitative estimate of drug-likeness (QED) is 0.679. The normalized spacial score (nSPS) is 19.7. The van der Waals surface area contributed by atoms with Crippen LogP contribution in [-0.4, -0.2) is 41.1 Å². The van der Waals surface area contributed by atoms with Gasteiger partial charge in [-0.25, -0.2) is 4.79 Å². The van der Waals surface area contributed by atoms with E-state index in [0.717, 1.165) is 17.9 Å². The summed E-state index contributed by atoms with van der Waals surface area (Å²) in [4.78, 5) is 33.4. The van der Waals surface area contributed by atoms with Crippen LogP contribution in [0, 0.1) is 11.8 Å². The zero-order valence-electron chi connectivity index (χ0n) is 11.0. The Balaban J connectivity index is 2.16. The van der Waals surface area contributed by atoms with Gasteiger partial charge < -0.3 is 10.4 Å². The molecular formula is C12H20N2O4S. The number of thioether (sulfide) groups is 1. The monoisotopic (exact) mass is 288 g/mol. The number of carbonyl (C=O) groups is 3. The lowest BCUT2D eigenvalue weighted by Gasteiger charge is -2.12. The first-order chi connectivity index (χ1) is 8.97. The predicted octanol–water partition coefficient (Wildman–Crippen LogP) is 1.07. The minimum atomic E-state index is -0.941. The Morgan fingerprint density at radius 3 is 2.68 bits per heavy atom. The van der Waals surface area contributed by atoms with Crippen molar-refractivity contribution in [3.05, 3.63) is 0 Å². The summed E-state index contributed by atoms with van der Waals surface area (Å²) in [6.07, 6.45) is 1.06. The highest BCUT2D eigenvalue weighted by Crippen LogP contribution is 2.22. The molecule has 6 nitrogen and oxygen atoms in total. The van der Waals surface area contributed by atoms with Crippen molar-refractivity contribution >= 4 is 29.7 Å². The number of carboxylic acid groups (broad SMARTS) is 1. The van der Waals surface area contributed by atoms with Gasteiger partial charge >= 0.3 is 12.0 Å². The Morgan fingerprint density at radius 1 is 1.37 bits per heavy atom. The number of hydrogen-bond acceptors (Lipinski definition) is 4. The molecule has 0 aromatic carbocycles. The second-order valence-electron chi connectivity index (χ2n) is 4.89. The van der Waals surface area contributed by atoms with Crippen LogP contribution < -0.4 is 10.6 Å². The smallest absolute Gasteiger partial charge is 0.321 e. The Bertz CT molecular complexity index is 343. The minimum Gasteiger partial charge on any atom is -0.481 e. The average Bonchev–Trinajstić information content (AvgIpc) is 2.77. The molecule has 1 heterocycles. The van der Waals surface area contributed by atoms with Crippen LogP contribution in [0.15, 0.2) is 0 Å². The van der Waals surface area contributed by atoms with Crippen molar-refractivity contribution in [1.82, 2.24) is 10.6 Å². The molecule has 7 heteroatoms. The summed E-state index contributed by atoms with van der Waals surface area (Å²) < 4.78 is 0. The largest absolute Gasteiger partial charge is 0.481 e. The summed E-state index contributed by atoms with van der Waals surface area (Å²) in [5.74, 6) is 0.993. The van der Waals surface area contributed by atoms with E-state index in [1.54, 1.807) is 6.92 Å². The Kier molecular flexibility index (Phi) is 6.69. The third-order valence-corrected chi connectivity index (χ3v) is 4.12. The molecular weight excluding hydrogens is 268 g/mol. The summed E-state index contributed by atoms with van der Waals surface area (Å²) in [5, 5.41) is 13.5. The van der Waals surface area contributed by atoms with Gasteiger partial charge in [-0.3, -0.25) is 14.9 Å². The van der Waals surface area contributed by atoms with Gasteiger partial charge in [0, 0.05) is 19.4 Å². The number of imide groups is 1. The molecule has 108 valence electrons. The number of rotatable bonds is 6. The molecule has 2 unspecified atom stereocenters. The Labute approximate surface area is 116 Å². The standard InChI is InChI=1S/C12H20N2O4S/c1-8(5-11(16)17)4-10(15)14-12(18)13-6-9-2-3-19-7-9/h8-9H,2-7H2,1H3,(H,16,17)(H2,13,14,15,18). The van der Waals surface area contributed by atoms with Gasteiger partial charge in [-0.15, -0.1) is 0 Å². The molecule has 2 atom stereocenters. The number of nitrogens with one attached hydrogen (secondary N) is 2. The number of carbonyl (C=O) groups excluding carboxylic acids is 2. The maximum Gasteiger partial charge on any atom is 0.321 e. The van der Waals surface area contributed by atoms with E-state index >= 15 is 0 Å². The number of carboxylic acids is 1. The minimum absolute atomic E-state index is 0.0407. The lowest BCUT2D eigenvalue weighted by atomic mass is 10.0.